The molecule has 1 saturated heterocycles. The second-order valence-corrected chi connectivity index (χ2v) is 7.25. The molecule has 1 heterocycles. The summed E-state index contributed by atoms with van der Waals surface area (Å²) in [6.07, 6.45) is 5.85. The Hall–Kier alpha value is -2.04. The minimum Gasteiger partial charge on any atom is -0.497 e. The number of nitrogens with one attached hydrogen (secondary N) is 1. The van der Waals surface area contributed by atoms with Gasteiger partial charge in [0.15, 0.2) is 0 Å². The Balaban J connectivity index is 1.75. The minimum absolute atomic E-state index is 0.0183. The van der Waals surface area contributed by atoms with Crippen LogP contribution in [0.4, 0.5) is 0 Å². The van der Waals surface area contributed by atoms with E-state index in [2.05, 4.69) is 5.32 Å². The second-order valence-electron chi connectivity index (χ2n) is 7.25. The molecule has 2 aliphatic rings. The van der Waals surface area contributed by atoms with E-state index in [1.54, 1.807) is 14.0 Å². The molecule has 0 radical (unpaired) electrons. The SMILES string of the molecule is COc1ccc(C2(C(=O)N[C@H](C)C(=O)N3CCCC3)CCCC2)cc1. The van der Waals surface area contributed by atoms with Gasteiger partial charge in [0, 0.05) is 13.1 Å². The lowest BCUT2D eigenvalue weighted by atomic mass is 9.77. The van der Waals surface area contributed by atoms with Gasteiger partial charge < -0.3 is 15.0 Å². The molecule has 1 aliphatic carbocycles. The van der Waals surface area contributed by atoms with E-state index in [0.29, 0.717) is 0 Å². The van der Waals surface area contributed by atoms with Crippen LogP contribution in [0.25, 0.3) is 0 Å². The summed E-state index contributed by atoms with van der Waals surface area (Å²) >= 11 is 0. The molecule has 5 nitrogen and oxygen atoms in total. The van der Waals surface area contributed by atoms with Crippen molar-refractivity contribution in [1.82, 2.24) is 10.2 Å². The molecule has 0 bridgehead atoms. The summed E-state index contributed by atoms with van der Waals surface area (Å²) in [5.74, 6) is 0.804. The van der Waals surface area contributed by atoms with Crippen molar-refractivity contribution in [3.8, 4) is 5.75 Å². The molecule has 0 aromatic heterocycles. The number of likely N-dealkylation sites (tertiary alicyclic amines) is 1. The summed E-state index contributed by atoms with van der Waals surface area (Å²) in [6.45, 7) is 3.42. The average Bonchev–Trinajstić information content (AvgIpc) is 3.33. The first-order valence-corrected chi connectivity index (χ1v) is 9.31. The fourth-order valence-corrected chi connectivity index (χ4v) is 4.14. The van der Waals surface area contributed by atoms with E-state index in [4.69, 9.17) is 4.74 Å². The Kier molecular flexibility index (Phi) is 5.30. The molecule has 1 N–H and O–H groups in total. The zero-order valence-electron chi connectivity index (χ0n) is 15.2. The monoisotopic (exact) mass is 344 g/mol. The summed E-state index contributed by atoms with van der Waals surface area (Å²) in [4.78, 5) is 27.5. The summed E-state index contributed by atoms with van der Waals surface area (Å²) in [6, 6.07) is 7.30. The number of methoxy groups -OCH3 is 1. The molecule has 136 valence electrons. The highest BCUT2D eigenvalue weighted by atomic mass is 16.5. The highest BCUT2D eigenvalue weighted by Crippen LogP contribution is 2.42. The van der Waals surface area contributed by atoms with E-state index in [1.807, 2.05) is 29.2 Å². The fraction of sp³-hybridized carbons (Fsp3) is 0.600. The van der Waals surface area contributed by atoms with Crippen molar-refractivity contribution in [1.29, 1.82) is 0 Å². The first-order valence-electron chi connectivity index (χ1n) is 9.31. The molecule has 2 amide bonds. The van der Waals surface area contributed by atoms with Crippen LogP contribution < -0.4 is 10.1 Å². The van der Waals surface area contributed by atoms with E-state index in [0.717, 1.165) is 62.9 Å². The van der Waals surface area contributed by atoms with Gasteiger partial charge in [-0.05, 0) is 50.3 Å². The lowest BCUT2D eigenvalue weighted by molar-refractivity contribution is -0.136. The van der Waals surface area contributed by atoms with Gasteiger partial charge in [-0.15, -0.1) is 0 Å². The number of benzene rings is 1. The Labute approximate surface area is 149 Å². The lowest BCUT2D eigenvalue weighted by Crippen LogP contribution is -2.51. The molecule has 1 atom stereocenters. The second kappa shape index (κ2) is 7.46. The molecule has 0 spiro atoms. The third kappa shape index (κ3) is 3.51. The summed E-state index contributed by atoms with van der Waals surface area (Å²) in [5, 5.41) is 3.01. The Morgan fingerprint density at radius 3 is 2.24 bits per heavy atom. The Bertz CT molecular complexity index is 614. The maximum atomic E-state index is 13.1. The zero-order valence-corrected chi connectivity index (χ0v) is 15.2. The molecule has 1 aromatic rings. The number of nitrogens with zero attached hydrogens (tertiary/aromatic N) is 1. The first-order chi connectivity index (χ1) is 12.1. The maximum Gasteiger partial charge on any atom is 0.244 e. The largest absolute Gasteiger partial charge is 0.497 e. The molecule has 1 aliphatic heterocycles. The number of rotatable bonds is 5. The van der Waals surface area contributed by atoms with Crippen LogP contribution >= 0.6 is 0 Å². The van der Waals surface area contributed by atoms with Crippen molar-refractivity contribution in [2.24, 2.45) is 0 Å². The van der Waals surface area contributed by atoms with E-state index in [9.17, 15) is 9.59 Å². The third-order valence-corrected chi connectivity index (χ3v) is 5.67. The highest BCUT2D eigenvalue weighted by Gasteiger charge is 2.43. The fourth-order valence-electron chi connectivity index (χ4n) is 4.14. The number of amides is 2. The number of carbonyl (C=O) groups is 2. The van der Waals surface area contributed by atoms with E-state index >= 15 is 0 Å². The average molecular weight is 344 g/mol. The normalized spacial score (nSPS) is 20.3. The van der Waals surface area contributed by atoms with Gasteiger partial charge in [0.2, 0.25) is 11.8 Å². The molecule has 0 unspecified atom stereocenters. The predicted octanol–water partition coefficient (Wildman–Crippen LogP) is 2.63. The topological polar surface area (TPSA) is 58.6 Å². The van der Waals surface area contributed by atoms with Crippen molar-refractivity contribution in [2.45, 2.75) is 56.9 Å². The quantitative estimate of drug-likeness (QED) is 0.893. The van der Waals surface area contributed by atoms with Crippen LogP contribution in [0, 0.1) is 0 Å². The zero-order chi connectivity index (χ0) is 17.9. The van der Waals surface area contributed by atoms with Gasteiger partial charge in [-0.2, -0.15) is 0 Å². The van der Waals surface area contributed by atoms with Gasteiger partial charge in [0.25, 0.3) is 0 Å². The van der Waals surface area contributed by atoms with E-state index in [-0.39, 0.29) is 11.8 Å². The first kappa shape index (κ1) is 17.8. The number of hydrogen-bond acceptors (Lipinski definition) is 3. The molecular formula is C20H28N2O3. The number of carbonyl (C=O) groups excluding carboxylic acids is 2. The Morgan fingerprint density at radius 2 is 1.68 bits per heavy atom. The molecule has 5 heteroatoms. The smallest absolute Gasteiger partial charge is 0.244 e. The van der Waals surface area contributed by atoms with Crippen LogP contribution in [0.3, 0.4) is 0 Å². The highest BCUT2D eigenvalue weighted by molar-refractivity contribution is 5.93. The van der Waals surface area contributed by atoms with E-state index < -0.39 is 11.5 Å². The summed E-state index contributed by atoms with van der Waals surface area (Å²) in [7, 11) is 1.64. The summed E-state index contributed by atoms with van der Waals surface area (Å²) in [5.41, 5.74) is 0.496. The van der Waals surface area contributed by atoms with Crippen LogP contribution in [-0.2, 0) is 15.0 Å². The molecule has 25 heavy (non-hydrogen) atoms. The molecule has 1 aromatic carbocycles. The van der Waals surface area contributed by atoms with Crippen molar-refractivity contribution in [3.05, 3.63) is 29.8 Å². The van der Waals surface area contributed by atoms with Gasteiger partial charge in [0.05, 0.1) is 12.5 Å². The third-order valence-electron chi connectivity index (χ3n) is 5.67. The standard InChI is InChI=1S/C20H28N2O3/c1-15(18(23)22-13-5-6-14-22)21-19(24)20(11-3-4-12-20)16-7-9-17(25-2)10-8-16/h7-10,15H,3-6,11-14H2,1-2H3,(H,21,24)/t15-/m1/s1. The number of ether oxygens (including phenoxy) is 1. The van der Waals surface area contributed by atoms with Crippen molar-refractivity contribution < 1.29 is 14.3 Å². The van der Waals surface area contributed by atoms with Crippen molar-refractivity contribution >= 4 is 11.8 Å². The van der Waals surface area contributed by atoms with Gasteiger partial charge in [-0.1, -0.05) is 25.0 Å². The van der Waals surface area contributed by atoms with Crippen LogP contribution in [0.5, 0.6) is 5.75 Å². The molecule has 2 fully saturated rings. The van der Waals surface area contributed by atoms with Crippen LogP contribution in [-0.4, -0.2) is 43.0 Å². The summed E-state index contributed by atoms with van der Waals surface area (Å²) < 4.78 is 5.23. The maximum absolute atomic E-state index is 13.1. The lowest BCUT2D eigenvalue weighted by Gasteiger charge is -2.31. The predicted molar refractivity (Wildman–Crippen MR) is 96.6 cm³/mol. The Morgan fingerprint density at radius 1 is 1.08 bits per heavy atom. The van der Waals surface area contributed by atoms with Gasteiger partial charge in [-0.25, -0.2) is 0 Å². The van der Waals surface area contributed by atoms with Crippen molar-refractivity contribution in [3.63, 3.8) is 0 Å². The van der Waals surface area contributed by atoms with Crippen LogP contribution in [0.15, 0.2) is 24.3 Å². The van der Waals surface area contributed by atoms with Gasteiger partial charge >= 0.3 is 0 Å². The van der Waals surface area contributed by atoms with Gasteiger partial charge in [0.1, 0.15) is 11.8 Å². The van der Waals surface area contributed by atoms with Crippen molar-refractivity contribution in [2.75, 3.05) is 20.2 Å². The van der Waals surface area contributed by atoms with Crippen LogP contribution in [0.1, 0.15) is 51.0 Å². The molecular weight excluding hydrogens is 316 g/mol. The molecule has 3 rings (SSSR count). The number of hydrogen-bond donors (Lipinski definition) is 1. The minimum atomic E-state index is -0.522. The van der Waals surface area contributed by atoms with Gasteiger partial charge in [-0.3, -0.25) is 9.59 Å². The van der Waals surface area contributed by atoms with Crippen LogP contribution in [0.2, 0.25) is 0 Å². The molecule has 1 saturated carbocycles. The van der Waals surface area contributed by atoms with E-state index in [1.165, 1.54) is 0 Å².